The molecule has 0 radical (unpaired) electrons. The number of hydrogen-bond donors (Lipinski definition) is 1. The maximum atomic E-state index is 5.73. The first-order chi connectivity index (χ1) is 4.70. The first-order valence-electron chi connectivity index (χ1n) is 3.11. The Bertz CT molecular complexity index is 207. The van der Waals surface area contributed by atoms with Crippen LogP contribution in [0.2, 0.25) is 5.15 Å². The molecule has 1 aromatic heterocycles. The third-order valence-electron chi connectivity index (χ3n) is 1.15. The Kier molecular flexibility index (Phi) is 2.29. The Balaban J connectivity index is 2.65. The third-order valence-corrected chi connectivity index (χ3v) is 1.46. The number of nitrogens with zero attached hydrogens (tertiary/aromatic N) is 2. The second-order valence-corrected chi connectivity index (χ2v) is 2.73. The lowest BCUT2D eigenvalue weighted by molar-refractivity contribution is 0.590. The molecule has 1 aromatic rings. The van der Waals surface area contributed by atoms with Crippen LogP contribution in [0.1, 0.15) is 6.92 Å². The lowest BCUT2D eigenvalue weighted by atomic mass is 10.4. The molecule has 4 heteroatoms. The molecule has 2 N–H and O–H groups in total. The molecular weight excluding hydrogens is 150 g/mol. The number of aromatic nitrogens is 2. The highest BCUT2D eigenvalue weighted by Crippen LogP contribution is 2.06. The summed E-state index contributed by atoms with van der Waals surface area (Å²) in [5.74, 6) is 0. The smallest absolute Gasteiger partial charge is 0.128 e. The molecule has 1 atom stereocenters. The largest absolute Gasteiger partial charge is 0.326 e. The van der Waals surface area contributed by atoms with Gasteiger partial charge in [-0.25, -0.2) is 4.98 Å². The molecule has 0 aliphatic heterocycles. The summed E-state index contributed by atoms with van der Waals surface area (Å²) in [5.41, 5.74) is 5.55. The Labute approximate surface area is 64.8 Å². The summed E-state index contributed by atoms with van der Waals surface area (Å²) in [6, 6.07) is 0.117. The van der Waals surface area contributed by atoms with Crippen LogP contribution in [0.5, 0.6) is 0 Å². The minimum absolute atomic E-state index is 0.117. The molecule has 56 valence electrons. The minimum atomic E-state index is 0.117. The van der Waals surface area contributed by atoms with E-state index in [9.17, 15) is 0 Å². The van der Waals surface area contributed by atoms with Crippen molar-refractivity contribution in [3.05, 3.63) is 17.7 Å². The second-order valence-electron chi connectivity index (χ2n) is 2.35. The highest BCUT2D eigenvalue weighted by molar-refractivity contribution is 6.29. The first-order valence-corrected chi connectivity index (χ1v) is 3.49. The van der Waals surface area contributed by atoms with Crippen molar-refractivity contribution in [1.29, 1.82) is 0 Å². The van der Waals surface area contributed by atoms with Crippen LogP contribution in [0, 0.1) is 0 Å². The van der Waals surface area contributed by atoms with Crippen molar-refractivity contribution in [2.24, 2.45) is 5.73 Å². The van der Waals surface area contributed by atoms with Crippen molar-refractivity contribution >= 4 is 11.6 Å². The topological polar surface area (TPSA) is 43.8 Å². The van der Waals surface area contributed by atoms with Gasteiger partial charge in [0.2, 0.25) is 0 Å². The Morgan fingerprint density at radius 1 is 1.90 bits per heavy atom. The summed E-state index contributed by atoms with van der Waals surface area (Å²) in [6.07, 6.45) is 3.27. The molecule has 1 rings (SSSR count). The second kappa shape index (κ2) is 3.03. The van der Waals surface area contributed by atoms with E-state index in [0.29, 0.717) is 5.15 Å². The van der Waals surface area contributed by atoms with Crippen LogP contribution in [-0.4, -0.2) is 15.6 Å². The van der Waals surface area contributed by atoms with Gasteiger partial charge in [-0.05, 0) is 6.92 Å². The lowest BCUT2D eigenvalue weighted by Gasteiger charge is -2.05. The van der Waals surface area contributed by atoms with Gasteiger partial charge in [-0.15, -0.1) is 0 Å². The van der Waals surface area contributed by atoms with E-state index in [1.165, 1.54) is 0 Å². The molecule has 0 saturated heterocycles. The van der Waals surface area contributed by atoms with Crippen LogP contribution in [-0.2, 0) is 6.54 Å². The summed E-state index contributed by atoms with van der Waals surface area (Å²) < 4.78 is 1.81. The van der Waals surface area contributed by atoms with E-state index in [0.717, 1.165) is 6.54 Å². The van der Waals surface area contributed by atoms with Gasteiger partial charge in [0, 0.05) is 12.6 Å². The summed E-state index contributed by atoms with van der Waals surface area (Å²) in [7, 11) is 0. The molecule has 0 spiro atoms. The Hall–Kier alpha value is -0.540. The van der Waals surface area contributed by atoms with Gasteiger partial charge in [-0.3, -0.25) is 0 Å². The molecule has 1 unspecified atom stereocenters. The fourth-order valence-electron chi connectivity index (χ4n) is 0.749. The van der Waals surface area contributed by atoms with Gasteiger partial charge in [0.25, 0.3) is 0 Å². The van der Waals surface area contributed by atoms with Gasteiger partial charge in [0.05, 0.1) is 12.5 Å². The van der Waals surface area contributed by atoms with Gasteiger partial charge in [-0.2, -0.15) is 0 Å². The predicted octanol–water partition coefficient (Wildman–Crippen LogP) is 0.884. The molecule has 3 nitrogen and oxygen atoms in total. The van der Waals surface area contributed by atoms with Crippen LogP contribution < -0.4 is 5.73 Å². The summed E-state index contributed by atoms with van der Waals surface area (Å²) in [5, 5.41) is 0.636. The van der Waals surface area contributed by atoms with Gasteiger partial charge in [0.15, 0.2) is 0 Å². The van der Waals surface area contributed by atoms with Crippen LogP contribution in [0.15, 0.2) is 12.5 Å². The number of halogens is 1. The van der Waals surface area contributed by atoms with Gasteiger partial charge in [0.1, 0.15) is 5.15 Å². The molecule has 10 heavy (non-hydrogen) atoms. The van der Waals surface area contributed by atoms with E-state index in [1.54, 1.807) is 12.5 Å². The lowest BCUT2D eigenvalue weighted by Crippen LogP contribution is -2.21. The number of nitrogens with two attached hydrogens (primary N) is 1. The SMILES string of the molecule is CC(N)Cn1cncc1Cl. The normalized spacial score (nSPS) is 13.5. The summed E-state index contributed by atoms with van der Waals surface area (Å²) in [6.45, 7) is 2.65. The van der Waals surface area contributed by atoms with Crippen molar-refractivity contribution < 1.29 is 0 Å². The Morgan fingerprint density at radius 3 is 3.00 bits per heavy atom. The van der Waals surface area contributed by atoms with Crippen LogP contribution >= 0.6 is 11.6 Å². The van der Waals surface area contributed by atoms with E-state index < -0.39 is 0 Å². The number of hydrogen-bond acceptors (Lipinski definition) is 2. The molecule has 0 fully saturated rings. The fraction of sp³-hybridized carbons (Fsp3) is 0.500. The predicted molar refractivity (Wildman–Crippen MR) is 40.9 cm³/mol. The molecule has 0 aromatic carbocycles. The van der Waals surface area contributed by atoms with E-state index in [4.69, 9.17) is 17.3 Å². The van der Waals surface area contributed by atoms with E-state index in [2.05, 4.69) is 4.98 Å². The number of imidazole rings is 1. The average Bonchev–Trinajstić information content (AvgIpc) is 2.15. The minimum Gasteiger partial charge on any atom is -0.326 e. The summed E-state index contributed by atoms with van der Waals surface area (Å²) in [4.78, 5) is 3.85. The molecule has 1 heterocycles. The zero-order valence-electron chi connectivity index (χ0n) is 5.79. The van der Waals surface area contributed by atoms with Crippen LogP contribution in [0.3, 0.4) is 0 Å². The maximum absolute atomic E-state index is 5.73. The number of rotatable bonds is 2. The molecular formula is C6H10ClN3. The highest BCUT2D eigenvalue weighted by Gasteiger charge is 1.99. The van der Waals surface area contributed by atoms with Crippen molar-refractivity contribution in [2.75, 3.05) is 0 Å². The fourth-order valence-corrected chi connectivity index (χ4v) is 0.918. The highest BCUT2D eigenvalue weighted by atomic mass is 35.5. The zero-order chi connectivity index (χ0) is 7.56. The van der Waals surface area contributed by atoms with Gasteiger partial charge < -0.3 is 10.3 Å². The first kappa shape index (κ1) is 7.57. The average molecular weight is 160 g/mol. The van der Waals surface area contributed by atoms with Gasteiger partial charge in [-0.1, -0.05) is 11.6 Å². The molecule has 0 aliphatic rings. The molecule has 0 saturated carbocycles. The monoisotopic (exact) mass is 159 g/mol. The third kappa shape index (κ3) is 1.72. The quantitative estimate of drug-likeness (QED) is 0.697. The zero-order valence-corrected chi connectivity index (χ0v) is 6.54. The van der Waals surface area contributed by atoms with E-state index >= 15 is 0 Å². The Morgan fingerprint density at radius 2 is 2.60 bits per heavy atom. The molecule has 0 bridgehead atoms. The van der Waals surface area contributed by atoms with Crippen LogP contribution in [0.25, 0.3) is 0 Å². The maximum Gasteiger partial charge on any atom is 0.128 e. The molecule has 0 amide bonds. The van der Waals surface area contributed by atoms with Crippen molar-refractivity contribution in [3.63, 3.8) is 0 Å². The van der Waals surface area contributed by atoms with Crippen molar-refractivity contribution in [3.8, 4) is 0 Å². The van der Waals surface area contributed by atoms with Crippen molar-refractivity contribution in [1.82, 2.24) is 9.55 Å². The summed E-state index contributed by atoms with van der Waals surface area (Å²) >= 11 is 5.73. The van der Waals surface area contributed by atoms with Gasteiger partial charge >= 0.3 is 0 Å². The van der Waals surface area contributed by atoms with Crippen LogP contribution in [0.4, 0.5) is 0 Å². The van der Waals surface area contributed by atoms with E-state index in [-0.39, 0.29) is 6.04 Å². The molecule has 0 aliphatic carbocycles. The standard InChI is InChI=1S/C6H10ClN3/c1-5(8)3-10-4-9-2-6(10)7/h2,4-5H,3,8H2,1H3. The van der Waals surface area contributed by atoms with E-state index in [1.807, 2.05) is 11.5 Å². The van der Waals surface area contributed by atoms with Crippen molar-refractivity contribution in [2.45, 2.75) is 19.5 Å².